The smallest absolute Gasteiger partial charge is 0.332 e. The highest BCUT2D eigenvalue weighted by atomic mass is 16.5. The van der Waals surface area contributed by atoms with E-state index in [1.165, 1.54) is 12.4 Å². The van der Waals surface area contributed by atoms with Crippen LogP contribution in [0.15, 0.2) is 0 Å². The minimum atomic E-state index is -1.73. The van der Waals surface area contributed by atoms with Gasteiger partial charge in [-0.3, -0.25) is 19.6 Å². The monoisotopic (exact) mass is 341 g/mol. The molecule has 0 aromatic carbocycles. The quantitative estimate of drug-likeness (QED) is 0.380. The normalized spacial score (nSPS) is 30.4. The topological polar surface area (TPSA) is 127 Å². The van der Waals surface area contributed by atoms with Crippen molar-refractivity contribution in [1.29, 1.82) is 0 Å². The molecule has 2 rings (SSSR count). The Labute approximate surface area is 139 Å². The van der Waals surface area contributed by atoms with Gasteiger partial charge < -0.3 is 5.11 Å². The van der Waals surface area contributed by atoms with E-state index in [-0.39, 0.29) is 13.0 Å². The maximum atomic E-state index is 13.0. The molecule has 0 bridgehead atoms. The molecule has 2 heterocycles. The molecule has 2 aliphatic rings. The number of nitrogens with zero attached hydrogens (tertiary/aromatic N) is 2. The van der Waals surface area contributed by atoms with Gasteiger partial charge in [0.1, 0.15) is 5.41 Å². The van der Waals surface area contributed by atoms with Crippen LogP contribution < -0.4 is 5.48 Å². The standard InChI is InChI=1S/C15H23N3O6/c1-13(2,3)15(12(22)23)6-5-7-17-10(20)14(4,8-9(19)16-24)11(21)18(15)17/h24H,5-8H2,1-4H3,(H,16,19)(H,22,23). The van der Waals surface area contributed by atoms with E-state index in [4.69, 9.17) is 5.21 Å². The molecule has 3 amide bonds. The zero-order chi connectivity index (χ0) is 18.5. The van der Waals surface area contributed by atoms with E-state index in [2.05, 4.69) is 0 Å². The minimum Gasteiger partial charge on any atom is -0.479 e. The van der Waals surface area contributed by atoms with E-state index in [1.807, 2.05) is 0 Å². The number of nitrogens with one attached hydrogen (secondary N) is 1. The van der Waals surface area contributed by atoms with Gasteiger partial charge in [0.05, 0.1) is 6.42 Å². The number of carboxylic acid groups (broad SMARTS) is 1. The number of aliphatic carboxylic acids is 1. The molecule has 0 aromatic rings. The first-order chi connectivity index (χ1) is 10.9. The van der Waals surface area contributed by atoms with E-state index in [9.17, 15) is 24.3 Å². The van der Waals surface area contributed by atoms with Crippen molar-refractivity contribution in [3.8, 4) is 0 Å². The lowest BCUT2D eigenvalue weighted by Crippen LogP contribution is -2.69. The van der Waals surface area contributed by atoms with Gasteiger partial charge in [0, 0.05) is 6.54 Å². The van der Waals surface area contributed by atoms with Gasteiger partial charge in [-0.2, -0.15) is 0 Å². The van der Waals surface area contributed by atoms with Crippen molar-refractivity contribution in [3.05, 3.63) is 0 Å². The van der Waals surface area contributed by atoms with Crippen molar-refractivity contribution in [2.45, 2.75) is 52.5 Å². The highest BCUT2D eigenvalue weighted by molar-refractivity contribution is 6.13. The van der Waals surface area contributed by atoms with Crippen LogP contribution in [0.4, 0.5) is 0 Å². The summed E-state index contributed by atoms with van der Waals surface area (Å²) in [5.41, 5.74) is -2.73. The lowest BCUT2D eigenvalue weighted by molar-refractivity contribution is -0.199. The number of rotatable bonds is 3. The summed E-state index contributed by atoms with van der Waals surface area (Å²) >= 11 is 0. The zero-order valence-electron chi connectivity index (χ0n) is 14.3. The molecule has 0 aromatic heterocycles. The average molecular weight is 341 g/mol. The molecule has 0 saturated carbocycles. The Morgan fingerprint density at radius 1 is 1.25 bits per heavy atom. The molecule has 0 aliphatic carbocycles. The third-order valence-electron chi connectivity index (χ3n) is 5.12. The molecule has 0 radical (unpaired) electrons. The van der Waals surface area contributed by atoms with Crippen molar-refractivity contribution in [3.63, 3.8) is 0 Å². The number of carbonyl (C=O) groups excluding carboxylic acids is 3. The summed E-state index contributed by atoms with van der Waals surface area (Å²) in [6, 6.07) is 0. The van der Waals surface area contributed by atoms with Crippen molar-refractivity contribution in [2.24, 2.45) is 10.8 Å². The Hall–Kier alpha value is -2.16. The molecule has 2 unspecified atom stereocenters. The average Bonchev–Trinajstić information content (AvgIpc) is 2.68. The van der Waals surface area contributed by atoms with E-state index in [1.54, 1.807) is 20.8 Å². The summed E-state index contributed by atoms with van der Waals surface area (Å²) in [6.45, 7) is 6.64. The molecule has 0 spiro atoms. The Bertz CT molecular complexity index is 613. The van der Waals surface area contributed by atoms with Crippen molar-refractivity contribution < 1.29 is 29.5 Å². The summed E-state index contributed by atoms with van der Waals surface area (Å²) in [4.78, 5) is 49.5. The van der Waals surface area contributed by atoms with Gasteiger partial charge in [-0.15, -0.1) is 0 Å². The molecule has 3 N–H and O–H groups in total. The Balaban J connectivity index is 2.58. The van der Waals surface area contributed by atoms with Gasteiger partial charge in [0.2, 0.25) is 5.91 Å². The highest BCUT2D eigenvalue weighted by Gasteiger charge is 2.67. The summed E-state index contributed by atoms with van der Waals surface area (Å²) in [7, 11) is 0. The summed E-state index contributed by atoms with van der Waals surface area (Å²) < 4.78 is 0. The molecular weight excluding hydrogens is 318 g/mol. The number of carbonyl (C=O) groups is 4. The number of carboxylic acids is 1. The molecule has 9 heteroatoms. The van der Waals surface area contributed by atoms with Crippen LogP contribution in [0, 0.1) is 10.8 Å². The second-order valence-electron chi connectivity index (χ2n) is 7.61. The Kier molecular flexibility index (Phi) is 4.12. The predicted molar refractivity (Wildman–Crippen MR) is 80.3 cm³/mol. The molecule has 2 fully saturated rings. The number of fused-ring (bicyclic) bond motifs is 1. The third-order valence-corrected chi connectivity index (χ3v) is 5.12. The maximum Gasteiger partial charge on any atom is 0.332 e. The number of hydrogen-bond acceptors (Lipinski definition) is 5. The molecule has 2 atom stereocenters. The van der Waals surface area contributed by atoms with Crippen LogP contribution in [-0.2, 0) is 19.2 Å². The van der Waals surface area contributed by atoms with Gasteiger partial charge >= 0.3 is 5.97 Å². The van der Waals surface area contributed by atoms with E-state index in [0.29, 0.717) is 6.42 Å². The van der Waals surface area contributed by atoms with E-state index < -0.39 is 46.5 Å². The minimum absolute atomic E-state index is 0.212. The fourth-order valence-electron chi connectivity index (χ4n) is 3.70. The van der Waals surface area contributed by atoms with Crippen LogP contribution in [0.2, 0.25) is 0 Å². The molecule has 9 nitrogen and oxygen atoms in total. The largest absolute Gasteiger partial charge is 0.479 e. The molecule has 2 aliphatic heterocycles. The van der Waals surface area contributed by atoms with Gasteiger partial charge in [-0.1, -0.05) is 20.8 Å². The molecular formula is C15H23N3O6. The lowest BCUT2D eigenvalue weighted by Gasteiger charge is -2.52. The number of hydroxylamine groups is 1. The van der Waals surface area contributed by atoms with Gasteiger partial charge in [0.25, 0.3) is 11.8 Å². The highest BCUT2D eigenvalue weighted by Crippen LogP contribution is 2.49. The Morgan fingerprint density at radius 3 is 2.29 bits per heavy atom. The van der Waals surface area contributed by atoms with Gasteiger partial charge in [-0.05, 0) is 25.2 Å². The SMILES string of the molecule is CC1(CC(=O)NO)C(=O)N2CCCC(C(=O)O)(C(C)(C)C)N2C1=O. The molecule has 24 heavy (non-hydrogen) atoms. The van der Waals surface area contributed by atoms with E-state index >= 15 is 0 Å². The fraction of sp³-hybridized carbons (Fsp3) is 0.733. The fourth-order valence-corrected chi connectivity index (χ4v) is 3.70. The second-order valence-corrected chi connectivity index (χ2v) is 7.61. The third kappa shape index (κ3) is 2.18. The zero-order valence-corrected chi connectivity index (χ0v) is 14.3. The van der Waals surface area contributed by atoms with Crippen molar-refractivity contribution >= 4 is 23.7 Å². The second kappa shape index (κ2) is 5.44. The first kappa shape index (κ1) is 18.2. The lowest BCUT2D eigenvalue weighted by atomic mass is 9.69. The van der Waals surface area contributed by atoms with Gasteiger partial charge in [-0.25, -0.2) is 20.3 Å². The summed E-state index contributed by atoms with van der Waals surface area (Å²) in [5.74, 6) is -3.41. The first-order valence-corrected chi connectivity index (χ1v) is 7.76. The van der Waals surface area contributed by atoms with Crippen LogP contribution in [0.25, 0.3) is 0 Å². The predicted octanol–water partition coefficient (Wildman–Crippen LogP) is 0.137. The Morgan fingerprint density at radius 2 is 1.83 bits per heavy atom. The molecule has 134 valence electrons. The summed E-state index contributed by atoms with van der Waals surface area (Å²) in [6.07, 6.45) is 0.0962. The van der Waals surface area contributed by atoms with E-state index in [0.717, 1.165) is 10.0 Å². The first-order valence-electron chi connectivity index (χ1n) is 7.76. The maximum absolute atomic E-state index is 13.0. The molecule has 2 saturated heterocycles. The number of hydrogen-bond donors (Lipinski definition) is 3. The van der Waals surface area contributed by atoms with Crippen LogP contribution in [0.1, 0.15) is 47.0 Å². The van der Waals surface area contributed by atoms with Crippen LogP contribution in [0.5, 0.6) is 0 Å². The number of amides is 3. The van der Waals surface area contributed by atoms with Crippen molar-refractivity contribution in [1.82, 2.24) is 15.5 Å². The van der Waals surface area contributed by atoms with Gasteiger partial charge in [0.15, 0.2) is 5.54 Å². The summed E-state index contributed by atoms with van der Waals surface area (Å²) in [5, 5.41) is 20.8. The van der Waals surface area contributed by atoms with Crippen LogP contribution in [-0.4, -0.2) is 56.1 Å². The van der Waals surface area contributed by atoms with Crippen molar-refractivity contribution in [2.75, 3.05) is 6.54 Å². The van der Waals surface area contributed by atoms with Crippen LogP contribution in [0.3, 0.4) is 0 Å². The number of hydrazine groups is 1. The van der Waals surface area contributed by atoms with Crippen LogP contribution >= 0.6 is 0 Å².